The number of para-hydroxylation sites is 1. The van der Waals surface area contributed by atoms with Crippen molar-refractivity contribution in [2.75, 3.05) is 5.32 Å². The summed E-state index contributed by atoms with van der Waals surface area (Å²) in [4.78, 5) is 0. The molecule has 0 heterocycles. The number of rotatable bonds is 3. The third kappa shape index (κ3) is 2.85. The van der Waals surface area contributed by atoms with Gasteiger partial charge in [-0.3, -0.25) is 0 Å². The van der Waals surface area contributed by atoms with Gasteiger partial charge < -0.3 is 5.32 Å². The van der Waals surface area contributed by atoms with Gasteiger partial charge >= 0.3 is 0 Å². The van der Waals surface area contributed by atoms with E-state index >= 15 is 0 Å². The van der Waals surface area contributed by atoms with Crippen molar-refractivity contribution in [3.8, 4) is 6.07 Å². The molecule has 1 aliphatic rings. The molecule has 1 aromatic rings. The second-order valence-electron chi connectivity index (χ2n) is 5.44. The summed E-state index contributed by atoms with van der Waals surface area (Å²) in [6.45, 7) is 4.32. The van der Waals surface area contributed by atoms with Crippen molar-refractivity contribution in [2.24, 2.45) is 5.92 Å². The highest BCUT2D eigenvalue weighted by Crippen LogP contribution is 2.29. The van der Waals surface area contributed by atoms with Gasteiger partial charge in [-0.1, -0.05) is 31.4 Å². The fourth-order valence-electron chi connectivity index (χ4n) is 2.93. The molecule has 1 fully saturated rings. The van der Waals surface area contributed by atoms with Crippen LogP contribution in [0.15, 0.2) is 18.2 Å². The Hall–Kier alpha value is -1.49. The third-order valence-corrected chi connectivity index (χ3v) is 4.12. The maximum absolute atomic E-state index is 9.18. The molecule has 2 nitrogen and oxygen atoms in total. The Kier molecular flexibility index (Phi) is 4.25. The molecule has 2 heteroatoms. The Morgan fingerprint density at radius 3 is 2.67 bits per heavy atom. The van der Waals surface area contributed by atoms with Crippen molar-refractivity contribution >= 4 is 5.69 Å². The van der Waals surface area contributed by atoms with E-state index in [1.807, 2.05) is 12.1 Å². The first kappa shape index (κ1) is 13.0. The average Bonchev–Trinajstić information content (AvgIpc) is 2.42. The first-order valence-corrected chi connectivity index (χ1v) is 6.98. The zero-order valence-electron chi connectivity index (χ0n) is 11.4. The Bertz CT molecular complexity index is 439. The molecule has 1 atom stereocenters. The van der Waals surface area contributed by atoms with E-state index in [1.165, 1.54) is 32.1 Å². The smallest absolute Gasteiger partial charge is 0.101 e. The monoisotopic (exact) mass is 242 g/mol. The number of nitrogens with zero attached hydrogens (tertiary/aromatic N) is 1. The van der Waals surface area contributed by atoms with Gasteiger partial charge in [-0.05, 0) is 44.2 Å². The molecule has 2 rings (SSSR count). The third-order valence-electron chi connectivity index (χ3n) is 4.12. The van der Waals surface area contributed by atoms with Gasteiger partial charge in [-0.2, -0.15) is 5.26 Å². The minimum atomic E-state index is 0.457. The van der Waals surface area contributed by atoms with Crippen LogP contribution in [0.4, 0.5) is 5.69 Å². The Morgan fingerprint density at radius 1 is 1.28 bits per heavy atom. The topological polar surface area (TPSA) is 35.8 Å². The lowest BCUT2D eigenvalue weighted by molar-refractivity contribution is 0.328. The van der Waals surface area contributed by atoms with Crippen LogP contribution in [0, 0.1) is 24.2 Å². The van der Waals surface area contributed by atoms with Gasteiger partial charge in [-0.25, -0.2) is 0 Å². The molecule has 0 bridgehead atoms. The summed E-state index contributed by atoms with van der Waals surface area (Å²) in [5, 5.41) is 12.8. The van der Waals surface area contributed by atoms with Gasteiger partial charge in [0.1, 0.15) is 6.07 Å². The van der Waals surface area contributed by atoms with E-state index in [9.17, 15) is 5.26 Å². The van der Waals surface area contributed by atoms with Crippen molar-refractivity contribution in [2.45, 2.75) is 52.0 Å². The van der Waals surface area contributed by atoms with Crippen LogP contribution in [0.2, 0.25) is 0 Å². The van der Waals surface area contributed by atoms with E-state index in [1.54, 1.807) is 0 Å². The molecule has 0 amide bonds. The summed E-state index contributed by atoms with van der Waals surface area (Å²) in [6, 6.07) is 8.65. The summed E-state index contributed by atoms with van der Waals surface area (Å²) in [5.74, 6) is 0.755. The standard InChI is InChI=1S/C16H22N2/c1-12-7-6-10-15(11-17)16(12)18-13(2)14-8-4-3-5-9-14/h6-7,10,13-14,18H,3-5,8-9H2,1-2H3. The first-order valence-electron chi connectivity index (χ1n) is 6.98. The maximum atomic E-state index is 9.18. The normalized spacial score (nSPS) is 18.1. The molecule has 0 radical (unpaired) electrons. The van der Waals surface area contributed by atoms with Crippen molar-refractivity contribution in [1.82, 2.24) is 0 Å². The number of hydrogen-bond acceptors (Lipinski definition) is 2. The average molecular weight is 242 g/mol. The number of anilines is 1. The van der Waals surface area contributed by atoms with E-state index < -0.39 is 0 Å². The van der Waals surface area contributed by atoms with E-state index in [2.05, 4.69) is 31.3 Å². The van der Waals surface area contributed by atoms with Crippen LogP contribution in [0.25, 0.3) is 0 Å². The van der Waals surface area contributed by atoms with Gasteiger partial charge in [-0.15, -0.1) is 0 Å². The van der Waals surface area contributed by atoms with Crippen LogP contribution in [-0.4, -0.2) is 6.04 Å². The van der Waals surface area contributed by atoms with Crippen LogP contribution in [-0.2, 0) is 0 Å². The first-order chi connectivity index (χ1) is 8.72. The van der Waals surface area contributed by atoms with Crippen molar-refractivity contribution in [1.29, 1.82) is 5.26 Å². The minimum absolute atomic E-state index is 0.457. The lowest BCUT2D eigenvalue weighted by Crippen LogP contribution is -2.28. The van der Waals surface area contributed by atoms with Gasteiger partial charge in [0, 0.05) is 6.04 Å². The number of aryl methyl sites for hydroxylation is 1. The number of hydrogen-bond donors (Lipinski definition) is 1. The van der Waals surface area contributed by atoms with Crippen LogP contribution in [0.1, 0.15) is 50.2 Å². The second-order valence-corrected chi connectivity index (χ2v) is 5.44. The largest absolute Gasteiger partial charge is 0.381 e. The lowest BCUT2D eigenvalue weighted by Gasteiger charge is -2.29. The maximum Gasteiger partial charge on any atom is 0.101 e. The van der Waals surface area contributed by atoms with Gasteiger partial charge in [0.25, 0.3) is 0 Å². The van der Waals surface area contributed by atoms with E-state index in [-0.39, 0.29) is 0 Å². The molecule has 18 heavy (non-hydrogen) atoms. The number of nitrogens with one attached hydrogen (secondary N) is 1. The Morgan fingerprint density at radius 2 is 2.00 bits per heavy atom. The highest BCUT2D eigenvalue weighted by atomic mass is 14.9. The lowest BCUT2D eigenvalue weighted by atomic mass is 9.84. The molecule has 96 valence electrons. The molecule has 0 saturated heterocycles. The van der Waals surface area contributed by atoms with E-state index in [0.717, 1.165) is 22.7 Å². The summed E-state index contributed by atoms with van der Waals surface area (Å²) in [7, 11) is 0. The highest BCUT2D eigenvalue weighted by Gasteiger charge is 2.20. The zero-order chi connectivity index (χ0) is 13.0. The fourth-order valence-corrected chi connectivity index (χ4v) is 2.93. The van der Waals surface area contributed by atoms with Crippen molar-refractivity contribution in [3.05, 3.63) is 29.3 Å². The summed E-state index contributed by atoms with van der Waals surface area (Å²) in [5.41, 5.74) is 2.95. The minimum Gasteiger partial charge on any atom is -0.381 e. The summed E-state index contributed by atoms with van der Waals surface area (Å²) in [6.07, 6.45) is 6.74. The molecule has 1 unspecified atom stereocenters. The van der Waals surface area contributed by atoms with E-state index in [0.29, 0.717) is 6.04 Å². The Balaban J connectivity index is 2.11. The van der Waals surface area contributed by atoms with Crippen molar-refractivity contribution in [3.63, 3.8) is 0 Å². The summed E-state index contributed by atoms with van der Waals surface area (Å²) < 4.78 is 0. The van der Waals surface area contributed by atoms with E-state index in [4.69, 9.17) is 0 Å². The van der Waals surface area contributed by atoms with Crippen LogP contribution in [0.3, 0.4) is 0 Å². The molecule has 1 N–H and O–H groups in total. The predicted octanol–water partition coefficient (Wildman–Crippen LogP) is 4.25. The molecule has 0 aliphatic heterocycles. The number of nitriles is 1. The van der Waals surface area contributed by atoms with Gasteiger partial charge in [0.05, 0.1) is 11.3 Å². The van der Waals surface area contributed by atoms with Crippen LogP contribution in [0.5, 0.6) is 0 Å². The molecule has 1 aromatic carbocycles. The zero-order valence-corrected chi connectivity index (χ0v) is 11.4. The fraction of sp³-hybridized carbons (Fsp3) is 0.562. The highest BCUT2D eigenvalue weighted by molar-refractivity contribution is 5.62. The van der Waals surface area contributed by atoms with Crippen LogP contribution >= 0.6 is 0 Å². The predicted molar refractivity (Wildman–Crippen MR) is 75.6 cm³/mol. The molecular weight excluding hydrogens is 220 g/mol. The molecule has 0 aromatic heterocycles. The van der Waals surface area contributed by atoms with Crippen molar-refractivity contribution < 1.29 is 0 Å². The summed E-state index contributed by atoms with van der Waals surface area (Å²) >= 11 is 0. The Labute approximate surface area is 110 Å². The van der Waals surface area contributed by atoms with Crippen LogP contribution < -0.4 is 5.32 Å². The molecule has 1 aliphatic carbocycles. The quantitative estimate of drug-likeness (QED) is 0.860. The number of benzene rings is 1. The SMILES string of the molecule is Cc1cccc(C#N)c1NC(C)C1CCCCC1. The molecule has 0 spiro atoms. The van der Waals surface area contributed by atoms with Gasteiger partial charge in [0.2, 0.25) is 0 Å². The molecule has 1 saturated carbocycles. The molecular formula is C16H22N2. The second kappa shape index (κ2) is 5.91. The van der Waals surface area contributed by atoms with Gasteiger partial charge in [0.15, 0.2) is 0 Å².